The number of hydrazine groups is 1. The Morgan fingerprint density at radius 1 is 1.08 bits per heavy atom. The van der Waals surface area contributed by atoms with Gasteiger partial charge in [0.1, 0.15) is 0 Å². The Morgan fingerprint density at radius 2 is 1.83 bits per heavy atom. The monoisotopic (exact) mass is 346 g/mol. The van der Waals surface area contributed by atoms with Gasteiger partial charge in [-0.25, -0.2) is 4.79 Å². The molecule has 0 aliphatic carbocycles. The van der Waals surface area contributed by atoms with Gasteiger partial charge in [0, 0.05) is 12.6 Å². The van der Waals surface area contributed by atoms with Crippen LogP contribution in [0.2, 0.25) is 5.02 Å². The number of benzene rings is 2. The van der Waals surface area contributed by atoms with Gasteiger partial charge in [0.05, 0.1) is 16.8 Å². The lowest BCUT2D eigenvalue weighted by molar-refractivity contribution is -0.114. The van der Waals surface area contributed by atoms with Crippen molar-refractivity contribution in [2.45, 2.75) is 19.9 Å². The second kappa shape index (κ2) is 8.21. The Labute approximate surface area is 145 Å². The van der Waals surface area contributed by atoms with Crippen LogP contribution >= 0.6 is 11.6 Å². The molecule has 0 saturated heterocycles. The van der Waals surface area contributed by atoms with E-state index in [1.54, 1.807) is 24.3 Å². The summed E-state index contributed by atoms with van der Waals surface area (Å²) >= 11 is 6.00. The van der Waals surface area contributed by atoms with Crippen molar-refractivity contribution in [3.63, 3.8) is 0 Å². The highest BCUT2D eigenvalue weighted by atomic mass is 35.5. The third kappa shape index (κ3) is 5.17. The van der Waals surface area contributed by atoms with Crippen LogP contribution in [0.3, 0.4) is 0 Å². The lowest BCUT2D eigenvalue weighted by Crippen LogP contribution is -2.40. The molecule has 0 saturated carbocycles. The standard InChI is InChI=1S/C17H19ClN4O2/c1-11(13-6-5-7-14(10-13)20-12(2)23)19-17(24)22-21-16-9-4-3-8-15(16)18/h3-11,21H,1-2H3,(H,20,23)(H2,19,22,24). The van der Waals surface area contributed by atoms with Gasteiger partial charge in [0.2, 0.25) is 5.91 Å². The fourth-order valence-electron chi connectivity index (χ4n) is 2.09. The predicted octanol–water partition coefficient (Wildman–Crippen LogP) is 3.69. The highest BCUT2D eigenvalue weighted by molar-refractivity contribution is 6.33. The first-order valence-electron chi connectivity index (χ1n) is 7.40. The molecule has 0 aliphatic heterocycles. The van der Waals surface area contributed by atoms with Gasteiger partial charge in [0.15, 0.2) is 0 Å². The number of amides is 3. The normalized spacial score (nSPS) is 11.3. The number of urea groups is 1. The first-order chi connectivity index (χ1) is 11.5. The summed E-state index contributed by atoms with van der Waals surface area (Å²) < 4.78 is 0. The maximum Gasteiger partial charge on any atom is 0.333 e. The Bertz CT molecular complexity index is 736. The molecule has 1 atom stereocenters. The number of rotatable bonds is 5. The minimum absolute atomic E-state index is 0.144. The van der Waals surface area contributed by atoms with Crippen molar-refractivity contribution in [3.8, 4) is 0 Å². The van der Waals surface area contributed by atoms with Gasteiger partial charge in [-0.1, -0.05) is 35.9 Å². The largest absolute Gasteiger partial charge is 0.333 e. The van der Waals surface area contributed by atoms with Crippen LogP contribution in [0.5, 0.6) is 0 Å². The molecule has 0 aromatic heterocycles. The first-order valence-corrected chi connectivity index (χ1v) is 7.78. The Balaban J connectivity index is 1.91. The smallest absolute Gasteiger partial charge is 0.330 e. The van der Waals surface area contributed by atoms with Crippen LogP contribution in [0.25, 0.3) is 0 Å². The minimum Gasteiger partial charge on any atom is -0.330 e. The molecule has 4 N–H and O–H groups in total. The predicted molar refractivity (Wildman–Crippen MR) is 95.9 cm³/mol. The SMILES string of the molecule is CC(=O)Nc1cccc(C(C)NC(=O)NNc2ccccc2Cl)c1. The van der Waals surface area contributed by atoms with E-state index in [-0.39, 0.29) is 11.9 Å². The van der Waals surface area contributed by atoms with Crippen LogP contribution in [-0.4, -0.2) is 11.9 Å². The maximum absolute atomic E-state index is 12.0. The van der Waals surface area contributed by atoms with Crippen molar-refractivity contribution in [3.05, 3.63) is 59.1 Å². The zero-order valence-corrected chi connectivity index (χ0v) is 14.1. The van der Waals surface area contributed by atoms with Gasteiger partial charge in [0.25, 0.3) is 0 Å². The zero-order chi connectivity index (χ0) is 17.5. The van der Waals surface area contributed by atoms with Crippen molar-refractivity contribution >= 4 is 34.9 Å². The number of nitrogens with one attached hydrogen (secondary N) is 4. The molecule has 0 spiro atoms. The van der Waals surface area contributed by atoms with Gasteiger partial charge in [-0.05, 0) is 36.8 Å². The number of hydrogen-bond acceptors (Lipinski definition) is 3. The topological polar surface area (TPSA) is 82.3 Å². The second-order valence-corrected chi connectivity index (χ2v) is 5.64. The fraction of sp³-hybridized carbons (Fsp3) is 0.176. The first kappa shape index (κ1) is 17.6. The van der Waals surface area contributed by atoms with Crippen LogP contribution in [0.1, 0.15) is 25.5 Å². The summed E-state index contributed by atoms with van der Waals surface area (Å²) in [5.74, 6) is -0.144. The zero-order valence-electron chi connectivity index (χ0n) is 13.4. The van der Waals surface area contributed by atoms with Crippen LogP contribution < -0.4 is 21.5 Å². The number of halogens is 1. The molecule has 2 aromatic carbocycles. The molecule has 24 heavy (non-hydrogen) atoms. The summed E-state index contributed by atoms with van der Waals surface area (Å²) in [6.45, 7) is 3.30. The molecule has 0 radical (unpaired) electrons. The van der Waals surface area contributed by atoms with Crippen LogP contribution in [0.4, 0.5) is 16.2 Å². The summed E-state index contributed by atoms with van der Waals surface area (Å²) in [4.78, 5) is 23.1. The maximum atomic E-state index is 12.0. The minimum atomic E-state index is -0.396. The van der Waals surface area contributed by atoms with Crippen molar-refractivity contribution in [2.24, 2.45) is 0 Å². The lowest BCUT2D eigenvalue weighted by atomic mass is 10.1. The van der Waals surface area contributed by atoms with E-state index in [4.69, 9.17) is 11.6 Å². The van der Waals surface area contributed by atoms with Crippen LogP contribution in [-0.2, 0) is 4.79 Å². The Hall–Kier alpha value is -2.73. The average molecular weight is 347 g/mol. The van der Waals surface area contributed by atoms with Crippen molar-refractivity contribution < 1.29 is 9.59 Å². The Morgan fingerprint density at radius 3 is 2.54 bits per heavy atom. The van der Waals surface area contributed by atoms with Crippen molar-refractivity contribution in [2.75, 3.05) is 10.7 Å². The summed E-state index contributed by atoms with van der Waals surface area (Å²) in [5.41, 5.74) is 7.45. The molecule has 2 aromatic rings. The molecule has 0 bridgehead atoms. The van der Waals surface area contributed by atoms with Gasteiger partial charge in [-0.15, -0.1) is 0 Å². The van der Waals surface area contributed by atoms with Crippen LogP contribution in [0.15, 0.2) is 48.5 Å². The number of hydrogen-bond donors (Lipinski definition) is 4. The van der Waals surface area contributed by atoms with E-state index in [0.717, 1.165) is 5.56 Å². The molecule has 1 unspecified atom stereocenters. The van der Waals surface area contributed by atoms with E-state index >= 15 is 0 Å². The van der Waals surface area contributed by atoms with Gasteiger partial charge >= 0.3 is 6.03 Å². The van der Waals surface area contributed by atoms with E-state index in [9.17, 15) is 9.59 Å². The van der Waals surface area contributed by atoms with E-state index in [1.807, 2.05) is 31.2 Å². The molecule has 126 valence electrons. The molecule has 2 rings (SSSR count). The average Bonchev–Trinajstić information content (AvgIpc) is 2.53. The fourth-order valence-corrected chi connectivity index (χ4v) is 2.27. The quantitative estimate of drug-likeness (QED) is 0.623. The van der Waals surface area contributed by atoms with Gasteiger partial charge in [-0.3, -0.25) is 15.6 Å². The molecule has 0 aliphatic rings. The van der Waals surface area contributed by atoms with Crippen molar-refractivity contribution in [1.29, 1.82) is 0 Å². The summed E-state index contributed by atoms with van der Waals surface area (Å²) in [5, 5.41) is 6.02. The Kier molecular flexibility index (Phi) is 6.03. The van der Waals surface area contributed by atoms with E-state index < -0.39 is 6.03 Å². The number of carbonyl (C=O) groups is 2. The molecule has 3 amide bonds. The molecular weight excluding hydrogens is 328 g/mol. The molecule has 0 heterocycles. The number of anilines is 2. The van der Waals surface area contributed by atoms with E-state index in [0.29, 0.717) is 16.4 Å². The number of carbonyl (C=O) groups excluding carboxylic acids is 2. The van der Waals surface area contributed by atoms with Crippen LogP contribution in [0, 0.1) is 0 Å². The van der Waals surface area contributed by atoms with E-state index in [2.05, 4.69) is 21.5 Å². The molecule has 6 nitrogen and oxygen atoms in total. The third-order valence-electron chi connectivity index (χ3n) is 3.24. The third-order valence-corrected chi connectivity index (χ3v) is 3.57. The number of para-hydroxylation sites is 1. The summed E-state index contributed by atoms with van der Waals surface area (Å²) in [6, 6.07) is 13.7. The molecule has 7 heteroatoms. The highest BCUT2D eigenvalue weighted by Gasteiger charge is 2.10. The molecule has 0 fully saturated rings. The van der Waals surface area contributed by atoms with E-state index in [1.165, 1.54) is 6.92 Å². The lowest BCUT2D eigenvalue weighted by Gasteiger charge is -2.17. The van der Waals surface area contributed by atoms with Gasteiger partial charge in [-0.2, -0.15) is 0 Å². The second-order valence-electron chi connectivity index (χ2n) is 5.23. The van der Waals surface area contributed by atoms with Gasteiger partial charge < -0.3 is 10.6 Å². The summed E-state index contributed by atoms with van der Waals surface area (Å²) in [6.07, 6.45) is 0. The summed E-state index contributed by atoms with van der Waals surface area (Å²) in [7, 11) is 0. The van der Waals surface area contributed by atoms with Crippen molar-refractivity contribution in [1.82, 2.24) is 10.7 Å². The molecular formula is C17H19ClN4O2. The highest BCUT2D eigenvalue weighted by Crippen LogP contribution is 2.19.